The summed E-state index contributed by atoms with van der Waals surface area (Å²) in [5.41, 5.74) is 6.44. The second-order valence-corrected chi connectivity index (χ2v) is 4.86. The van der Waals surface area contributed by atoms with Gasteiger partial charge in [0.1, 0.15) is 5.75 Å². The lowest BCUT2D eigenvalue weighted by molar-refractivity contribution is -0.116. The number of anilines is 1. The van der Waals surface area contributed by atoms with Crippen molar-refractivity contribution in [3.05, 3.63) is 23.8 Å². The molecule has 0 heterocycles. The first kappa shape index (κ1) is 20.6. The highest BCUT2D eigenvalue weighted by molar-refractivity contribution is 5.90. The van der Waals surface area contributed by atoms with Gasteiger partial charge < -0.3 is 15.8 Å². The molecule has 1 rings (SSSR count). The van der Waals surface area contributed by atoms with Gasteiger partial charge in [-0.3, -0.25) is 4.79 Å². The molecule has 22 heavy (non-hydrogen) atoms. The predicted octanol–water partition coefficient (Wildman–Crippen LogP) is 3.87. The molecule has 0 saturated heterocycles. The van der Waals surface area contributed by atoms with Crippen molar-refractivity contribution in [3.63, 3.8) is 0 Å². The predicted molar refractivity (Wildman–Crippen MR) is 85.8 cm³/mol. The molecule has 0 bridgehead atoms. The van der Waals surface area contributed by atoms with Gasteiger partial charge >= 0.3 is 6.61 Å². The van der Waals surface area contributed by atoms with Gasteiger partial charge in [0, 0.05) is 18.2 Å². The van der Waals surface area contributed by atoms with Crippen LogP contribution >= 0.6 is 12.4 Å². The van der Waals surface area contributed by atoms with Crippen molar-refractivity contribution >= 4 is 24.0 Å². The molecule has 0 aromatic heterocycles. The first-order chi connectivity index (χ1) is 10.0. The summed E-state index contributed by atoms with van der Waals surface area (Å²) in [4.78, 5) is 11.7. The van der Waals surface area contributed by atoms with Crippen molar-refractivity contribution in [1.82, 2.24) is 0 Å². The Kier molecular flexibility index (Phi) is 10.5. The van der Waals surface area contributed by atoms with Crippen molar-refractivity contribution < 1.29 is 18.3 Å². The van der Waals surface area contributed by atoms with Crippen LogP contribution in [0.2, 0.25) is 0 Å². The smallest absolute Gasteiger partial charge is 0.387 e. The number of rotatable bonds is 9. The number of benzene rings is 1. The van der Waals surface area contributed by atoms with Crippen LogP contribution in [-0.4, -0.2) is 19.1 Å². The Hall–Kier alpha value is -1.40. The SMILES string of the molecule is Cc1ccc(NC(=O)CCCCCCN)cc1OC(F)F.Cl. The van der Waals surface area contributed by atoms with Crippen LogP contribution in [0, 0.1) is 6.92 Å². The minimum Gasteiger partial charge on any atom is -0.434 e. The summed E-state index contributed by atoms with van der Waals surface area (Å²) in [5, 5.41) is 2.69. The van der Waals surface area contributed by atoms with E-state index < -0.39 is 6.61 Å². The highest BCUT2D eigenvalue weighted by Crippen LogP contribution is 2.24. The van der Waals surface area contributed by atoms with Crippen molar-refractivity contribution in [3.8, 4) is 5.75 Å². The zero-order chi connectivity index (χ0) is 15.7. The van der Waals surface area contributed by atoms with E-state index in [-0.39, 0.29) is 24.1 Å². The monoisotopic (exact) mass is 336 g/mol. The minimum absolute atomic E-state index is 0. The number of hydrogen-bond acceptors (Lipinski definition) is 3. The Bertz CT molecular complexity index is 459. The van der Waals surface area contributed by atoms with E-state index in [0.717, 1.165) is 25.7 Å². The second-order valence-electron chi connectivity index (χ2n) is 4.86. The second kappa shape index (κ2) is 11.2. The Morgan fingerprint density at radius 1 is 1.27 bits per heavy atom. The molecule has 0 aliphatic rings. The summed E-state index contributed by atoms with van der Waals surface area (Å²) in [6, 6.07) is 4.71. The first-order valence-corrected chi connectivity index (χ1v) is 7.08. The number of unbranched alkanes of at least 4 members (excludes halogenated alkanes) is 3. The molecule has 1 amide bonds. The number of hydrogen-bond donors (Lipinski definition) is 2. The standard InChI is InChI=1S/C15H22F2N2O2.ClH/c1-11-7-8-12(10-13(11)21-15(16)17)19-14(20)6-4-2-3-5-9-18;/h7-8,10,15H,2-6,9,18H2,1H3,(H,19,20);1H. The van der Waals surface area contributed by atoms with Crippen LogP contribution in [0.5, 0.6) is 5.75 Å². The number of nitrogens with two attached hydrogens (primary N) is 1. The molecule has 0 atom stereocenters. The molecule has 0 spiro atoms. The maximum absolute atomic E-state index is 12.2. The maximum atomic E-state index is 12.2. The molecule has 0 unspecified atom stereocenters. The van der Waals surface area contributed by atoms with Crippen molar-refractivity contribution in [2.75, 3.05) is 11.9 Å². The van der Waals surface area contributed by atoms with Gasteiger partial charge in [0.25, 0.3) is 0 Å². The van der Waals surface area contributed by atoms with Gasteiger partial charge in [0.15, 0.2) is 0 Å². The van der Waals surface area contributed by atoms with Crippen LogP contribution in [0.4, 0.5) is 14.5 Å². The third-order valence-corrected chi connectivity index (χ3v) is 3.05. The van der Waals surface area contributed by atoms with Crippen molar-refractivity contribution in [2.45, 2.75) is 45.6 Å². The summed E-state index contributed by atoms with van der Waals surface area (Å²) in [7, 11) is 0. The lowest BCUT2D eigenvalue weighted by atomic mass is 10.1. The molecule has 0 radical (unpaired) electrons. The zero-order valence-electron chi connectivity index (χ0n) is 12.6. The van der Waals surface area contributed by atoms with Gasteiger partial charge in [-0.25, -0.2) is 0 Å². The number of amides is 1. The fraction of sp³-hybridized carbons (Fsp3) is 0.533. The molecular weight excluding hydrogens is 314 g/mol. The van der Waals surface area contributed by atoms with E-state index >= 15 is 0 Å². The molecule has 1 aromatic carbocycles. The number of halogens is 3. The van der Waals surface area contributed by atoms with E-state index in [4.69, 9.17) is 5.73 Å². The fourth-order valence-corrected chi connectivity index (χ4v) is 1.91. The van der Waals surface area contributed by atoms with Crippen molar-refractivity contribution in [1.29, 1.82) is 0 Å². The molecule has 0 aliphatic carbocycles. The zero-order valence-corrected chi connectivity index (χ0v) is 13.4. The van der Waals surface area contributed by atoms with Crippen LogP contribution < -0.4 is 15.8 Å². The average molecular weight is 337 g/mol. The van der Waals surface area contributed by atoms with Crippen molar-refractivity contribution in [2.24, 2.45) is 5.73 Å². The van der Waals surface area contributed by atoms with Crippen LogP contribution in [0.25, 0.3) is 0 Å². The van der Waals surface area contributed by atoms with E-state index in [1.54, 1.807) is 19.1 Å². The molecule has 3 N–H and O–H groups in total. The summed E-state index contributed by atoms with van der Waals surface area (Å²) in [5.74, 6) is -0.0552. The molecule has 1 aromatic rings. The van der Waals surface area contributed by atoms with Gasteiger partial charge in [0.05, 0.1) is 0 Å². The molecule has 126 valence electrons. The van der Waals surface area contributed by atoms with Gasteiger partial charge in [-0.1, -0.05) is 18.9 Å². The number of alkyl halides is 2. The average Bonchev–Trinajstić information content (AvgIpc) is 2.42. The lowest BCUT2D eigenvalue weighted by Gasteiger charge is -2.11. The summed E-state index contributed by atoms with van der Waals surface area (Å²) in [6.45, 7) is -0.541. The fourth-order valence-electron chi connectivity index (χ4n) is 1.91. The molecular formula is C15H23ClF2N2O2. The summed E-state index contributed by atoms with van der Waals surface area (Å²) >= 11 is 0. The van der Waals surface area contributed by atoms with E-state index in [2.05, 4.69) is 10.1 Å². The number of carbonyl (C=O) groups is 1. The quantitative estimate of drug-likeness (QED) is 0.673. The molecule has 0 saturated carbocycles. The molecule has 0 aliphatic heterocycles. The highest BCUT2D eigenvalue weighted by atomic mass is 35.5. The van der Waals surface area contributed by atoms with Gasteiger partial charge in [0.2, 0.25) is 5.91 Å². The number of ether oxygens (including phenoxy) is 1. The van der Waals surface area contributed by atoms with Gasteiger partial charge in [-0.05, 0) is 37.9 Å². The van der Waals surface area contributed by atoms with E-state index in [9.17, 15) is 13.6 Å². The van der Waals surface area contributed by atoms with Gasteiger partial charge in [-0.15, -0.1) is 12.4 Å². The number of aryl methyl sites for hydroxylation is 1. The maximum Gasteiger partial charge on any atom is 0.387 e. The highest BCUT2D eigenvalue weighted by Gasteiger charge is 2.09. The largest absolute Gasteiger partial charge is 0.434 e. The summed E-state index contributed by atoms with van der Waals surface area (Å²) in [6.07, 6.45) is 4.13. The molecule has 0 fully saturated rings. The number of nitrogens with one attached hydrogen (secondary N) is 1. The van der Waals surface area contributed by atoms with Crippen LogP contribution in [0.1, 0.15) is 37.7 Å². The molecule has 4 nitrogen and oxygen atoms in total. The third kappa shape index (κ3) is 8.14. The van der Waals surface area contributed by atoms with Crippen LogP contribution in [0.15, 0.2) is 18.2 Å². The number of carbonyl (C=O) groups excluding carboxylic acids is 1. The van der Waals surface area contributed by atoms with E-state index in [1.165, 1.54) is 6.07 Å². The lowest BCUT2D eigenvalue weighted by Crippen LogP contribution is -2.12. The van der Waals surface area contributed by atoms with Crippen LogP contribution in [-0.2, 0) is 4.79 Å². The molecule has 7 heteroatoms. The first-order valence-electron chi connectivity index (χ1n) is 7.08. The topological polar surface area (TPSA) is 64.4 Å². The summed E-state index contributed by atoms with van der Waals surface area (Å²) < 4.78 is 28.9. The van der Waals surface area contributed by atoms with E-state index in [0.29, 0.717) is 24.2 Å². The van der Waals surface area contributed by atoms with Crippen LogP contribution in [0.3, 0.4) is 0 Å². The Balaban J connectivity index is 0.00000441. The normalized spacial score (nSPS) is 10.2. The van der Waals surface area contributed by atoms with E-state index in [1.807, 2.05) is 0 Å². The Morgan fingerprint density at radius 3 is 2.59 bits per heavy atom. The Labute approximate surface area is 135 Å². The third-order valence-electron chi connectivity index (χ3n) is 3.05. The minimum atomic E-state index is -2.88. The van der Waals surface area contributed by atoms with Gasteiger partial charge in [-0.2, -0.15) is 8.78 Å². The Morgan fingerprint density at radius 2 is 1.95 bits per heavy atom.